The highest BCUT2D eigenvalue weighted by Crippen LogP contribution is 2.37. The summed E-state index contributed by atoms with van der Waals surface area (Å²) >= 11 is 3.45. The molecule has 0 amide bonds. The number of carbonyl (C=O) groups excluding carboxylic acids is 1. The van der Waals surface area contributed by atoms with Crippen LogP contribution in [0.1, 0.15) is 37.4 Å². The van der Waals surface area contributed by atoms with Crippen LogP contribution in [0.4, 0.5) is 0 Å². The first-order valence-corrected chi connectivity index (χ1v) is 7.58. The first-order valence-electron chi connectivity index (χ1n) is 6.78. The van der Waals surface area contributed by atoms with Crippen molar-refractivity contribution in [2.75, 3.05) is 7.11 Å². The van der Waals surface area contributed by atoms with Crippen LogP contribution in [-0.4, -0.2) is 27.7 Å². The molecule has 1 aliphatic rings. The number of aromatic nitrogens is 3. The number of ether oxygens (including phenoxy) is 1. The predicted octanol–water partition coefficient (Wildman–Crippen LogP) is 2.94. The van der Waals surface area contributed by atoms with Crippen molar-refractivity contribution >= 4 is 27.5 Å². The largest absolute Gasteiger partial charge is 0.468 e. The Morgan fingerprint density at radius 3 is 2.85 bits per heavy atom. The number of esters is 1. The lowest BCUT2D eigenvalue weighted by atomic mass is 9.90. The molecule has 6 heteroatoms. The van der Waals surface area contributed by atoms with E-state index in [0.29, 0.717) is 11.7 Å². The van der Waals surface area contributed by atoms with Crippen LogP contribution in [0.15, 0.2) is 22.8 Å². The maximum absolute atomic E-state index is 12.2. The normalized spacial score (nSPS) is 17.5. The zero-order valence-electron chi connectivity index (χ0n) is 11.3. The van der Waals surface area contributed by atoms with E-state index >= 15 is 0 Å². The lowest BCUT2D eigenvalue weighted by Crippen LogP contribution is -2.23. The third-order valence-corrected chi connectivity index (χ3v) is 4.47. The number of carbonyl (C=O) groups is 1. The summed E-state index contributed by atoms with van der Waals surface area (Å²) in [5.41, 5.74) is 0.745. The molecule has 0 aliphatic heterocycles. The van der Waals surface area contributed by atoms with E-state index in [4.69, 9.17) is 4.74 Å². The summed E-state index contributed by atoms with van der Waals surface area (Å²) in [6.45, 7) is 0. The molecule has 0 radical (unpaired) electrons. The summed E-state index contributed by atoms with van der Waals surface area (Å²) in [6, 6.07) is 3.79. The SMILES string of the molecule is COC(=O)C(c1nnc2ccc(Br)cn12)C1CCCC1. The fraction of sp³-hybridized carbons (Fsp3) is 0.500. The Balaban J connectivity index is 2.08. The van der Waals surface area contributed by atoms with E-state index in [2.05, 4.69) is 26.1 Å². The smallest absolute Gasteiger partial charge is 0.316 e. The van der Waals surface area contributed by atoms with E-state index in [1.165, 1.54) is 20.0 Å². The van der Waals surface area contributed by atoms with Gasteiger partial charge in [0.05, 0.1) is 7.11 Å². The van der Waals surface area contributed by atoms with E-state index in [0.717, 1.165) is 23.0 Å². The summed E-state index contributed by atoms with van der Waals surface area (Å²) in [5.74, 6) is 0.437. The number of fused-ring (bicyclic) bond motifs is 1. The summed E-state index contributed by atoms with van der Waals surface area (Å²) < 4.78 is 7.81. The van der Waals surface area contributed by atoms with Crippen molar-refractivity contribution in [2.45, 2.75) is 31.6 Å². The molecule has 0 bridgehead atoms. The number of pyridine rings is 1. The van der Waals surface area contributed by atoms with E-state index in [9.17, 15) is 4.79 Å². The summed E-state index contributed by atoms with van der Waals surface area (Å²) in [6.07, 6.45) is 6.32. The summed E-state index contributed by atoms with van der Waals surface area (Å²) in [5, 5.41) is 8.39. The van der Waals surface area contributed by atoms with Crippen LogP contribution in [0.2, 0.25) is 0 Å². The Morgan fingerprint density at radius 1 is 1.40 bits per heavy atom. The second-order valence-corrected chi connectivity index (χ2v) is 6.09. The summed E-state index contributed by atoms with van der Waals surface area (Å²) in [7, 11) is 1.43. The van der Waals surface area contributed by atoms with E-state index in [1.807, 2.05) is 22.7 Å². The van der Waals surface area contributed by atoms with Crippen molar-refractivity contribution in [3.8, 4) is 0 Å². The molecular weight excluding hydrogens is 322 g/mol. The van der Waals surface area contributed by atoms with Crippen LogP contribution in [-0.2, 0) is 9.53 Å². The molecule has 0 N–H and O–H groups in total. The Morgan fingerprint density at radius 2 is 2.15 bits per heavy atom. The highest BCUT2D eigenvalue weighted by Gasteiger charge is 2.36. The van der Waals surface area contributed by atoms with Crippen molar-refractivity contribution in [1.82, 2.24) is 14.6 Å². The van der Waals surface area contributed by atoms with Gasteiger partial charge >= 0.3 is 5.97 Å². The molecule has 1 atom stereocenters. The van der Waals surface area contributed by atoms with Gasteiger partial charge in [-0.3, -0.25) is 9.20 Å². The molecule has 20 heavy (non-hydrogen) atoms. The van der Waals surface area contributed by atoms with Gasteiger partial charge in [-0.1, -0.05) is 12.8 Å². The van der Waals surface area contributed by atoms with Gasteiger partial charge in [-0.25, -0.2) is 0 Å². The monoisotopic (exact) mass is 337 g/mol. The van der Waals surface area contributed by atoms with Gasteiger partial charge in [0.1, 0.15) is 5.92 Å². The Kier molecular flexibility index (Phi) is 3.74. The highest BCUT2D eigenvalue weighted by atomic mass is 79.9. The van der Waals surface area contributed by atoms with Crippen molar-refractivity contribution < 1.29 is 9.53 Å². The molecule has 0 saturated heterocycles. The second-order valence-electron chi connectivity index (χ2n) is 5.18. The number of rotatable bonds is 3. The first kappa shape index (κ1) is 13.5. The molecule has 2 aromatic rings. The van der Waals surface area contributed by atoms with Crippen LogP contribution in [0.25, 0.3) is 5.65 Å². The average molecular weight is 338 g/mol. The standard InChI is InChI=1S/C14H16BrN3O2/c1-20-14(19)12(9-4-2-3-5-9)13-17-16-11-7-6-10(15)8-18(11)13/h6-9,12H,2-5H2,1H3. The van der Waals surface area contributed by atoms with Crippen LogP contribution in [0, 0.1) is 5.92 Å². The zero-order valence-corrected chi connectivity index (χ0v) is 12.8. The molecule has 0 aromatic carbocycles. The Labute approximate surface area is 125 Å². The number of methoxy groups -OCH3 is 1. The van der Waals surface area contributed by atoms with E-state index in [1.54, 1.807) is 0 Å². The number of nitrogens with zero attached hydrogens (tertiary/aromatic N) is 3. The lowest BCUT2D eigenvalue weighted by molar-refractivity contribution is -0.144. The molecule has 1 unspecified atom stereocenters. The third-order valence-electron chi connectivity index (χ3n) is 4.00. The number of halogens is 1. The van der Waals surface area contributed by atoms with Gasteiger partial charge in [0.15, 0.2) is 11.5 Å². The van der Waals surface area contributed by atoms with Gasteiger partial charge in [0, 0.05) is 10.7 Å². The van der Waals surface area contributed by atoms with Gasteiger partial charge in [0.25, 0.3) is 0 Å². The van der Waals surface area contributed by atoms with Crippen LogP contribution < -0.4 is 0 Å². The topological polar surface area (TPSA) is 56.5 Å². The zero-order chi connectivity index (χ0) is 14.1. The molecule has 3 rings (SSSR count). The molecule has 106 valence electrons. The minimum atomic E-state index is -0.327. The number of hydrogen-bond donors (Lipinski definition) is 0. The molecule has 5 nitrogen and oxygen atoms in total. The minimum absolute atomic E-state index is 0.217. The highest BCUT2D eigenvalue weighted by molar-refractivity contribution is 9.10. The number of hydrogen-bond acceptors (Lipinski definition) is 4. The first-order chi connectivity index (χ1) is 9.70. The van der Waals surface area contributed by atoms with Crippen LogP contribution in [0.5, 0.6) is 0 Å². The maximum atomic E-state index is 12.2. The van der Waals surface area contributed by atoms with Gasteiger partial charge in [-0.15, -0.1) is 10.2 Å². The van der Waals surface area contributed by atoms with Gasteiger partial charge in [-0.2, -0.15) is 0 Å². The quantitative estimate of drug-likeness (QED) is 0.808. The van der Waals surface area contributed by atoms with Gasteiger partial charge in [-0.05, 0) is 46.8 Å². The average Bonchev–Trinajstić information content (AvgIpc) is 3.09. The Bertz CT molecular complexity index is 634. The molecule has 1 fully saturated rings. The minimum Gasteiger partial charge on any atom is -0.468 e. The van der Waals surface area contributed by atoms with Crippen molar-refractivity contribution in [3.63, 3.8) is 0 Å². The van der Waals surface area contributed by atoms with Crippen molar-refractivity contribution in [1.29, 1.82) is 0 Å². The van der Waals surface area contributed by atoms with Crippen molar-refractivity contribution in [2.24, 2.45) is 5.92 Å². The Hall–Kier alpha value is -1.43. The molecule has 2 heterocycles. The summed E-state index contributed by atoms with van der Waals surface area (Å²) in [4.78, 5) is 12.2. The van der Waals surface area contributed by atoms with Crippen LogP contribution >= 0.6 is 15.9 Å². The third kappa shape index (κ3) is 2.32. The fourth-order valence-electron chi connectivity index (χ4n) is 3.02. The van der Waals surface area contributed by atoms with Crippen molar-refractivity contribution in [3.05, 3.63) is 28.6 Å². The molecule has 1 aliphatic carbocycles. The second kappa shape index (κ2) is 5.52. The maximum Gasteiger partial charge on any atom is 0.316 e. The van der Waals surface area contributed by atoms with Gasteiger partial charge in [0.2, 0.25) is 0 Å². The fourth-order valence-corrected chi connectivity index (χ4v) is 3.36. The molecule has 2 aromatic heterocycles. The van der Waals surface area contributed by atoms with E-state index in [-0.39, 0.29) is 11.9 Å². The molecule has 0 spiro atoms. The predicted molar refractivity (Wildman–Crippen MR) is 77.4 cm³/mol. The lowest BCUT2D eigenvalue weighted by Gasteiger charge is -2.19. The van der Waals surface area contributed by atoms with E-state index < -0.39 is 0 Å². The van der Waals surface area contributed by atoms with Crippen LogP contribution in [0.3, 0.4) is 0 Å². The molecular formula is C14H16BrN3O2. The molecule has 1 saturated carbocycles. The van der Waals surface area contributed by atoms with Gasteiger partial charge < -0.3 is 4.74 Å².